The van der Waals surface area contributed by atoms with Crippen LogP contribution in [0.4, 0.5) is 11.6 Å². The highest BCUT2D eigenvalue weighted by Gasteiger charge is 2.19. The molecular weight excluding hydrogens is 422 g/mol. The van der Waals surface area contributed by atoms with E-state index in [1.807, 2.05) is 0 Å². The number of sulfonamides is 1. The van der Waals surface area contributed by atoms with Crippen molar-refractivity contribution < 1.29 is 27.2 Å². The van der Waals surface area contributed by atoms with Crippen molar-refractivity contribution in [3.63, 3.8) is 0 Å². The van der Waals surface area contributed by atoms with Gasteiger partial charge in [0.05, 0.1) is 31.2 Å². The fourth-order valence-electron chi connectivity index (χ4n) is 2.78. The molecule has 2 aromatic carbocycles. The first-order chi connectivity index (χ1) is 14.7. The molecule has 31 heavy (non-hydrogen) atoms. The highest BCUT2D eigenvalue weighted by Crippen LogP contribution is 2.26. The average molecular weight is 445 g/mol. The van der Waals surface area contributed by atoms with Crippen molar-refractivity contribution in [3.8, 4) is 11.5 Å². The van der Waals surface area contributed by atoms with Gasteiger partial charge >= 0.3 is 0 Å². The van der Waals surface area contributed by atoms with Crippen molar-refractivity contribution in [2.45, 2.75) is 25.2 Å². The maximum atomic E-state index is 12.6. The number of hydrogen-bond acceptors (Lipinski definition) is 7. The summed E-state index contributed by atoms with van der Waals surface area (Å²) in [5.41, 5.74) is 2.37. The summed E-state index contributed by atoms with van der Waals surface area (Å²) < 4.78 is 42.9. The van der Waals surface area contributed by atoms with E-state index in [-0.39, 0.29) is 23.1 Å². The van der Waals surface area contributed by atoms with E-state index in [0.717, 1.165) is 0 Å². The summed E-state index contributed by atoms with van der Waals surface area (Å²) in [6.07, 6.45) is 0.0822. The molecule has 0 saturated heterocycles. The monoisotopic (exact) mass is 445 g/mol. The molecular formula is C21H23N3O6S. The number of carbonyl (C=O) groups is 1. The molecule has 0 atom stereocenters. The summed E-state index contributed by atoms with van der Waals surface area (Å²) in [6, 6.07) is 11.0. The molecule has 0 aliphatic rings. The minimum atomic E-state index is -3.86. The molecule has 3 aromatic rings. The Morgan fingerprint density at radius 3 is 2.35 bits per heavy atom. The topological polar surface area (TPSA) is 120 Å². The first kappa shape index (κ1) is 22.2. The van der Waals surface area contributed by atoms with Crippen LogP contribution in [0.1, 0.15) is 16.8 Å². The fraction of sp³-hybridized carbons (Fsp3) is 0.238. The van der Waals surface area contributed by atoms with Crippen LogP contribution in [-0.4, -0.2) is 33.7 Å². The Kier molecular flexibility index (Phi) is 6.50. The number of nitrogens with zero attached hydrogens (tertiary/aromatic N) is 1. The van der Waals surface area contributed by atoms with Gasteiger partial charge < -0.3 is 19.3 Å². The lowest BCUT2D eigenvalue weighted by molar-refractivity contribution is -0.115. The number of aryl methyl sites for hydroxylation is 1. The molecule has 0 unspecified atom stereocenters. The Morgan fingerprint density at radius 2 is 1.77 bits per heavy atom. The number of carbonyl (C=O) groups excluding carboxylic acids is 1. The SMILES string of the molecule is COc1ccc(CC(=O)Nc2ccc(S(=O)(=O)Nc3onc(C)c3C)cc2)c(OC)c1. The van der Waals surface area contributed by atoms with Crippen LogP contribution in [0.25, 0.3) is 0 Å². The van der Waals surface area contributed by atoms with Crippen molar-refractivity contribution in [1.29, 1.82) is 0 Å². The van der Waals surface area contributed by atoms with Gasteiger partial charge in [0.1, 0.15) is 11.5 Å². The van der Waals surface area contributed by atoms with Gasteiger partial charge in [-0.2, -0.15) is 0 Å². The standard InChI is InChI=1S/C21H23N3O6S/c1-13-14(2)23-30-21(13)24-31(26,27)18-9-6-16(7-10-18)22-20(25)11-15-5-8-17(28-3)12-19(15)29-4/h5-10,12,24H,11H2,1-4H3,(H,22,25). The molecule has 0 aliphatic heterocycles. The molecule has 0 saturated carbocycles. The van der Waals surface area contributed by atoms with Crippen molar-refractivity contribution in [2.75, 3.05) is 24.3 Å². The van der Waals surface area contributed by atoms with E-state index < -0.39 is 10.0 Å². The van der Waals surface area contributed by atoms with Crippen LogP contribution in [0.15, 0.2) is 51.9 Å². The maximum Gasteiger partial charge on any atom is 0.264 e. The zero-order valence-corrected chi connectivity index (χ0v) is 18.4. The summed E-state index contributed by atoms with van der Waals surface area (Å²) >= 11 is 0. The number of ether oxygens (including phenoxy) is 2. The third-order valence-corrected chi connectivity index (χ3v) is 6.02. The van der Waals surface area contributed by atoms with E-state index in [0.29, 0.717) is 34.0 Å². The number of methoxy groups -OCH3 is 2. The minimum Gasteiger partial charge on any atom is -0.497 e. The molecule has 3 rings (SSSR count). The lowest BCUT2D eigenvalue weighted by Gasteiger charge is -2.11. The maximum absolute atomic E-state index is 12.6. The van der Waals surface area contributed by atoms with Crippen LogP contribution < -0.4 is 19.5 Å². The average Bonchev–Trinajstić information content (AvgIpc) is 3.06. The second-order valence-electron chi connectivity index (χ2n) is 6.75. The van der Waals surface area contributed by atoms with E-state index in [1.54, 1.807) is 39.2 Å². The number of anilines is 2. The predicted molar refractivity (Wildman–Crippen MR) is 115 cm³/mol. The lowest BCUT2D eigenvalue weighted by atomic mass is 10.1. The second kappa shape index (κ2) is 9.09. The summed E-state index contributed by atoms with van der Waals surface area (Å²) in [5.74, 6) is 0.968. The number of hydrogen-bond donors (Lipinski definition) is 2. The Hall–Kier alpha value is -3.53. The molecule has 0 fully saturated rings. The Bertz CT molecular complexity index is 1190. The minimum absolute atomic E-state index is 0.0239. The summed E-state index contributed by atoms with van der Waals surface area (Å²) in [4.78, 5) is 12.4. The van der Waals surface area contributed by atoms with Crippen LogP contribution in [0.2, 0.25) is 0 Å². The molecule has 2 N–H and O–H groups in total. The molecule has 0 bridgehead atoms. The molecule has 0 radical (unpaired) electrons. The van der Waals surface area contributed by atoms with Gasteiger partial charge in [-0.1, -0.05) is 11.2 Å². The molecule has 9 nitrogen and oxygen atoms in total. The Labute approximate surface area is 180 Å². The quantitative estimate of drug-likeness (QED) is 0.546. The zero-order chi connectivity index (χ0) is 22.6. The van der Waals surface area contributed by atoms with E-state index in [9.17, 15) is 13.2 Å². The van der Waals surface area contributed by atoms with Gasteiger partial charge in [0, 0.05) is 22.9 Å². The van der Waals surface area contributed by atoms with E-state index in [2.05, 4.69) is 15.2 Å². The summed E-state index contributed by atoms with van der Waals surface area (Å²) in [5, 5.41) is 6.47. The molecule has 1 aromatic heterocycles. The number of benzene rings is 2. The van der Waals surface area contributed by atoms with Crippen LogP contribution in [-0.2, 0) is 21.2 Å². The molecule has 1 heterocycles. The predicted octanol–water partition coefficient (Wildman–Crippen LogP) is 3.29. The van der Waals surface area contributed by atoms with E-state index in [4.69, 9.17) is 14.0 Å². The van der Waals surface area contributed by atoms with Crippen molar-refractivity contribution in [1.82, 2.24) is 5.16 Å². The normalized spacial score (nSPS) is 11.1. The number of amides is 1. The first-order valence-electron chi connectivity index (χ1n) is 9.30. The zero-order valence-electron chi connectivity index (χ0n) is 17.6. The number of rotatable bonds is 8. The largest absolute Gasteiger partial charge is 0.497 e. The second-order valence-corrected chi connectivity index (χ2v) is 8.44. The van der Waals surface area contributed by atoms with Crippen molar-refractivity contribution >= 4 is 27.5 Å². The van der Waals surface area contributed by atoms with Crippen LogP contribution in [0, 0.1) is 13.8 Å². The van der Waals surface area contributed by atoms with Crippen LogP contribution >= 0.6 is 0 Å². The molecule has 164 valence electrons. The van der Waals surface area contributed by atoms with Gasteiger partial charge in [-0.15, -0.1) is 0 Å². The molecule has 0 spiro atoms. The molecule has 0 aliphatic carbocycles. The van der Waals surface area contributed by atoms with Crippen molar-refractivity contribution in [3.05, 3.63) is 59.3 Å². The van der Waals surface area contributed by atoms with Crippen LogP contribution in [0.5, 0.6) is 11.5 Å². The Morgan fingerprint density at radius 1 is 1.06 bits per heavy atom. The van der Waals surface area contributed by atoms with Gasteiger partial charge in [0.15, 0.2) is 0 Å². The van der Waals surface area contributed by atoms with E-state index >= 15 is 0 Å². The summed E-state index contributed by atoms with van der Waals surface area (Å²) in [7, 11) is -0.788. The Balaban J connectivity index is 1.67. The first-order valence-corrected chi connectivity index (χ1v) is 10.8. The highest BCUT2D eigenvalue weighted by molar-refractivity contribution is 7.92. The lowest BCUT2D eigenvalue weighted by Crippen LogP contribution is -2.16. The molecule has 1 amide bonds. The van der Waals surface area contributed by atoms with Gasteiger partial charge in [-0.3, -0.25) is 4.79 Å². The van der Waals surface area contributed by atoms with Gasteiger partial charge in [0.25, 0.3) is 10.0 Å². The third kappa shape index (κ3) is 5.15. The highest BCUT2D eigenvalue weighted by atomic mass is 32.2. The van der Waals surface area contributed by atoms with Gasteiger partial charge in [-0.25, -0.2) is 13.1 Å². The molecule has 10 heteroatoms. The summed E-state index contributed by atoms with van der Waals surface area (Å²) in [6.45, 7) is 3.43. The van der Waals surface area contributed by atoms with Crippen LogP contribution in [0.3, 0.4) is 0 Å². The van der Waals surface area contributed by atoms with Gasteiger partial charge in [0.2, 0.25) is 11.8 Å². The third-order valence-electron chi connectivity index (χ3n) is 4.68. The smallest absolute Gasteiger partial charge is 0.264 e. The van der Waals surface area contributed by atoms with Crippen molar-refractivity contribution in [2.24, 2.45) is 0 Å². The van der Waals surface area contributed by atoms with E-state index in [1.165, 1.54) is 31.4 Å². The van der Waals surface area contributed by atoms with Gasteiger partial charge in [-0.05, 0) is 44.2 Å². The number of nitrogens with one attached hydrogen (secondary N) is 2. The fourth-order valence-corrected chi connectivity index (χ4v) is 3.83. The number of aromatic nitrogens is 1.